The van der Waals surface area contributed by atoms with Gasteiger partial charge < -0.3 is 9.64 Å². The predicted molar refractivity (Wildman–Crippen MR) is 57.8 cm³/mol. The molecule has 0 amide bonds. The number of aromatic nitrogens is 2. The topological polar surface area (TPSA) is 38.2 Å². The van der Waals surface area contributed by atoms with Crippen LogP contribution in [0.4, 0.5) is 5.13 Å². The maximum Gasteiger partial charge on any atom is 0.207 e. The second-order valence-corrected chi connectivity index (χ2v) is 4.76. The fraction of sp³-hybridized carbons (Fsp3) is 0.714. The number of halogens is 1. The summed E-state index contributed by atoms with van der Waals surface area (Å²) in [4.78, 5) is 2.38. The quantitative estimate of drug-likeness (QED) is 0.755. The molecule has 1 aromatic rings. The van der Waals surface area contributed by atoms with Crippen molar-refractivity contribution < 1.29 is 4.74 Å². The van der Waals surface area contributed by atoms with E-state index >= 15 is 0 Å². The monoisotopic (exact) mass is 265 g/mol. The molecule has 0 aliphatic carbocycles. The Balaban J connectivity index is 2.37. The lowest BCUT2D eigenvalue weighted by molar-refractivity contribution is 0.202. The van der Waals surface area contributed by atoms with Gasteiger partial charge in [0.05, 0.1) is 11.4 Å². The van der Waals surface area contributed by atoms with Crippen LogP contribution >= 0.6 is 27.3 Å². The van der Waals surface area contributed by atoms with Gasteiger partial charge in [-0.25, -0.2) is 0 Å². The van der Waals surface area contributed by atoms with Crippen molar-refractivity contribution in [2.75, 3.05) is 32.2 Å². The van der Waals surface area contributed by atoms with E-state index in [4.69, 9.17) is 4.74 Å². The van der Waals surface area contributed by atoms with Gasteiger partial charge in [0.1, 0.15) is 5.51 Å². The molecule has 1 rings (SSSR count). The summed E-state index contributed by atoms with van der Waals surface area (Å²) in [5.41, 5.74) is 1.73. The number of hydrogen-bond donors (Lipinski definition) is 0. The average Bonchev–Trinajstić information content (AvgIpc) is 2.55. The first kappa shape index (κ1) is 10.9. The lowest BCUT2D eigenvalue weighted by Gasteiger charge is -2.18. The van der Waals surface area contributed by atoms with Gasteiger partial charge in [-0.2, -0.15) is 0 Å². The fourth-order valence-corrected chi connectivity index (χ4v) is 2.18. The maximum atomic E-state index is 5.02. The van der Waals surface area contributed by atoms with Gasteiger partial charge in [-0.1, -0.05) is 27.3 Å². The molecule has 0 aromatic carbocycles. The smallest absolute Gasteiger partial charge is 0.207 e. The van der Waals surface area contributed by atoms with E-state index in [1.165, 1.54) is 11.3 Å². The number of anilines is 1. The molecule has 0 saturated heterocycles. The number of nitrogens with zero attached hydrogens (tertiary/aromatic N) is 3. The third-order valence-electron chi connectivity index (χ3n) is 1.49. The lowest BCUT2D eigenvalue weighted by atomic mass is 10.4. The molecule has 6 heteroatoms. The highest BCUT2D eigenvalue weighted by Gasteiger charge is 2.10. The Kier molecular flexibility index (Phi) is 4.61. The number of hydrogen-bond acceptors (Lipinski definition) is 5. The normalized spacial score (nSPS) is 12.8. The molecule has 1 aromatic heterocycles. The lowest BCUT2D eigenvalue weighted by Crippen LogP contribution is -2.28. The Morgan fingerprint density at radius 2 is 2.54 bits per heavy atom. The zero-order chi connectivity index (χ0) is 9.68. The summed E-state index contributed by atoms with van der Waals surface area (Å²) in [5.74, 6) is 0. The number of methoxy groups -OCH3 is 1. The van der Waals surface area contributed by atoms with Crippen molar-refractivity contribution in [2.24, 2.45) is 0 Å². The Labute approximate surface area is 90.0 Å². The number of rotatable bonds is 5. The average molecular weight is 266 g/mol. The highest BCUT2D eigenvalue weighted by molar-refractivity contribution is 9.09. The van der Waals surface area contributed by atoms with E-state index in [1.807, 2.05) is 7.05 Å². The van der Waals surface area contributed by atoms with E-state index in [1.54, 1.807) is 12.6 Å². The van der Waals surface area contributed by atoms with Crippen molar-refractivity contribution >= 4 is 32.4 Å². The minimum Gasteiger partial charge on any atom is -0.383 e. The zero-order valence-electron chi connectivity index (χ0n) is 7.61. The fourth-order valence-electron chi connectivity index (χ4n) is 0.942. The number of alkyl halides is 1. The number of ether oxygens (including phenoxy) is 1. The molecule has 0 aliphatic heterocycles. The van der Waals surface area contributed by atoms with E-state index in [0.717, 1.165) is 11.7 Å². The third-order valence-corrected chi connectivity index (χ3v) is 2.85. The van der Waals surface area contributed by atoms with Crippen molar-refractivity contribution in [1.82, 2.24) is 10.2 Å². The van der Waals surface area contributed by atoms with Crippen molar-refractivity contribution in [3.8, 4) is 0 Å². The van der Waals surface area contributed by atoms with Gasteiger partial charge in [-0.3, -0.25) is 0 Å². The predicted octanol–water partition coefficient (Wildman–Crippen LogP) is 1.38. The summed E-state index contributed by atoms with van der Waals surface area (Å²) in [6, 6.07) is 0. The van der Waals surface area contributed by atoms with E-state index in [2.05, 4.69) is 31.0 Å². The molecule has 13 heavy (non-hydrogen) atoms. The van der Waals surface area contributed by atoms with Crippen molar-refractivity contribution in [2.45, 2.75) is 4.83 Å². The second-order valence-electron chi connectivity index (χ2n) is 2.65. The molecule has 1 atom stereocenters. The SMILES string of the molecule is COCC(Br)CN(C)c1nncs1. The van der Waals surface area contributed by atoms with Crippen LogP contribution in [-0.4, -0.2) is 42.3 Å². The standard InChI is InChI=1S/C7H12BrN3OS/c1-11(3-6(8)4-12-2)7-10-9-5-13-7/h5-6H,3-4H2,1-2H3. The van der Waals surface area contributed by atoms with Crippen LogP contribution in [0.5, 0.6) is 0 Å². The minimum atomic E-state index is 0.325. The maximum absolute atomic E-state index is 5.02. The van der Waals surface area contributed by atoms with Crippen molar-refractivity contribution in [3.05, 3.63) is 5.51 Å². The summed E-state index contributed by atoms with van der Waals surface area (Å²) in [7, 11) is 3.68. The molecule has 0 aliphatic rings. The van der Waals surface area contributed by atoms with Gasteiger partial charge in [-0.15, -0.1) is 10.2 Å². The highest BCUT2D eigenvalue weighted by atomic mass is 79.9. The van der Waals surface area contributed by atoms with Crippen LogP contribution in [0.3, 0.4) is 0 Å². The van der Waals surface area contributed by atoms with E-state index in [9.17, 15) is 0 Å². The van der Waals surface area contributed by atoms with Crippen molar-refractivity contribution in [1.29, 1.82) is 0 Å². The van der Waals surface area contributed by atoms with Crippen molar-refractivity contribution in [3.63, 3.8) is 0 Å². The molecular formula is C7H12BrN3OS. The summed E-state index contributed by atoms with van der Waals surface area (Å²) in [5, 5.41) is 8.67. The summed E-state index contributed by atoms with van der Waals surface area (Å²) < 4.78 is 5.02. The molecular weight excluding hydrogens is 254 g/mol. The largest absolute Gasteiger partial charge is 0.383 e. The van der Waals surface area contributed by atoms with Gasteiger partial charge in [0.15, 0.2) is 0 Å². The van der Waals surface area contributed by atoms with Gasteiger partial charge in [0.2, 0.25) is 5.13 Å². The molecule has 4 nitrogen and oxygen atoms in total. The van der Waals surface area contributed by atoms with Gasteiger partial charge in [0.25, 0.3) is 0 Å². The molecule has 74 valence electrons. The third kappa shape index (κ3) is 3.58. The molecule has 0 saturated carbocycles. The Morgan fingerprint density at radius 3 is 3.08 bits per heavy atom. The first-order valence-corrected chi connectivity index (χ1v) is 5.64. The molecule has 1 unspecified atom stereocenters. The molecule has 0 spiro atoms. The van der Waals surface area contributed by atoms with E-state index in [0.29, 0.717) is 11.4 Å². The van der Waals surface area contributed by atoms with Crippen LogP contribution in [0.1, 0.15) is 0 Å². The van der Waals surface area contributed by atoms with Crippen LogP contribution in [0.2, 0.25) is 0 Å². The first-order valence-electron chi connectivity index (χ1n) is 3.84. The van der Waals surface area contributed by atoms with Crippen LogP contribution in [-0.2, 0) is 4.74 Å². The van der Waals surface area contributed by atoms with Crippen LogP contribution < -0.4 is 4.90 Å². The minimum absolute atomic E-state index is 0.325. The second kappa shape index (κ2) is 5.51. The van der Waals surface area contributed by atoms with Crippen LogP contribution in [0, 0.1) is 0 Å². The highest BCUT2D eigenvalue weighted by Crippen LogP contribution is 2.15. The Bertz CT molecular complexity index is 232. The van der Waals surface area contributed by atoms with Gasteiger partial charge in [0, 0.05) is 20.7 Å². The van der Waals surface area contributed by atoms with E-state index < -0.39 is 0 Å². The first-order chi connectivity index (χ1) is 6.24. The Morgan fingerprint density at radius 1 is 1.77 bits per heavy atom. The van der Waals surface area contributed by atoms with Gasteiger partial charge in [-0.05, 0) is 0 Å². The molecule has 1 heterocycles. The molecule has 0 bridgehead atoms. The zero-order valence-corrected chi connectivity index (χ0v) is 10.0. The van der Waals surface area contributed by atoms with E-state index in [-0.39, 0.29) is 0 Å². The molecule has 0 N–H and O–H groups in total. The Hall–Kier alpha value is -0.200. The van der Waals surface area contributed by atoms with Crippen LogP contribution in [0.25, 0.3) is 0 Å². The summed E-state index contributed by atoms with van der Waals surface area (Å²) in [6.07, 6.45) is 0. The van der Waals surface area contributed by atoms with Gasteiger partial charge >= 0.3 is 0 Å². The summed E-state index contributed by atoms with van der Waals surface area (Å²) >= 11 is 5.05. The summed E-state index contributed by atoms with van der Waals surface area (Å²) in [6.45, 7) is 1.56. The molecule has 0 radical (unpaired) electrons. The molecule has 0 fully saturated rings. The van der Waals surface area contributed by atoms with Crippen LogP contribution in [0.15, 0.2) is 5.51 Å².